The van der Waals surface area contributed by atoms with Gasteiger partial charge in [-0.05, 0) is 46.5 Å². The van der Waals surface area contributed by atoms with Crippen LogP contribution >= 0.6 is 0 Å². The third-order valence-corrected chi connectivity index (χ3v) is 5.58. The molecule has 2 aromatic heterocycles. The van der Waals surface area contributed by atoms with E-state index in [0.29, 0.717) is 17.0 Å². The van der Waals surface area contributed by atoms with Gasteiger partial charge in [-0.15, -0.1) is 0 Å². The maximum atomic E-state index is 14.8. The Morgan fingerprint density at radius 2 is 1.71 bits per heavy atom. The first-order valence-electron chi connectivity index (χ1n) is 9.79. The van der Waals surface area contributed by atoms with Crippen molar-refractivity contribution in [2.75, 3.05) is 7.11 Å². The number of fused-ring (bicyclic) bond motifs is 1. The van der Waals surface area contributed by atoms with E-state index >= 15 is 0 Å². The lowest BCUT2D eigenvalue weighted by Crippen LogP contribution is -2.25. The molecule has 0 fully saturated rings. The summed E-state index contributed by atoms with van der Waals surface area (Å²) in [5.41, 5.74) is 9.84. The summed E-state index contributed by atoms with van der Waals surface area (Å²) in [6, 6.07) is 20.5. The highest BCUT2D eigenvalue weighted by Gasteiger charge is 2.44. The fraction of sp³-hybridized carbons (Fsp3) is 0.0800. The van der Waals surface area contributed by atoms with Gasteiger partial charge in [-0.25, -0.2) is 14.4 Å². The number of hydrogen-bond acceptors (Lipinski definition) is 5. The molecule has 0 radical (unpaired) electrons. The van der Waals surface area contributed by atoms with Crippen molar-refractivity contribution in [3.63, 3.8) is 0 Å². The first-order valence-corrected chi connectivity index (χ1v) is 9.79. The lowest BCUT2D eigenvalue weighted by molar-refractivity contribution is 0.396. The highest BCUT2D eigenvalue weighted by Crippen LogP contribution is 2.47. The summed E-state index contributed by atoms with van der Waals surface area (Å²) in [6.07, 6.45) is 5.20. The van der Waals surface area contributed by atoms with Gasteiger partial charge in [-0.2, -0.15) is 0 Å². The topological polar surface area (TPSA) is 73.4 Å². The molecular weight excluding hydrogens is 391 g/mol. The van der Waals surface area contributed by atoms with E-state index in [1.54, 1.807) is 31.8 Å². The first-order chi connectivity index (χ1) is 15.1. The van der Waals surface area contributed by atoms with Crippen molar-refractivity contribution in [3.8, 4) is 17.0 Å². The Bertz CT molecular complexity index is 1310. The van der Waals surface area contributed by atoms with Crippen LogP contribution in [-0.4, -0.2) is 22.9 Å². The minimum absolute atomic E-state index is 0.163. The van der Waals surface area contributed by atoms with Crippen molar-refractivity contribution >= 4 is 5.84 Å². The molecule has 1 unspecified atom stereocenters. The summed E-state index contributed by atoms with van der Waals surface area (Å²) in [6.45, 7) is 0. The number of methoxy groups -OCH3 is 1. The molecule has 2 N–H and O–H groups in total. The summed E-state index contributed by atoms with van der Waals surface area (Å²) in [5.74, 6) is 0.208. The first kappa shape index (κ1) is 18.9. The minimum atomic E-state index is -1.03. The maximum Gasteiger partial charge on any atom is 0.213 e. The van der Waals surface area contributed by atoms with Crippen molar-refractivity contribution in [2.45, 2.75) is 5.54 Å². The molecule has 31 heavy (non-hydrogen) atoms. The Balaban J connectivity index is 1.82. The lowest BCUT2D eigenvalue weighted by Gasteiger charge is -2.29. The Morgan fingerprint density at radius 1 is 0.903 bits per heavy atom. The van der Waals surface area contributed by atoms with Gasteiger partial charge < -0.3 is 10.5 Å². The van der Waals surface area contributed by atoms with Gasteiger partial charge in [-0.1, -0.05) is 36.4 Å². The minimum Gasteiger partial charge on any atom is -0.481 e. The summed E-state index contributed by atoms with van der Waals surface area (Å²) in [5, 5.41) is 0. The van der Waals surface area contributed by atoms with Crippen molar-refractivity contribution in [1.82, 2.24) is 9.97 Å². The third kappa shape index (κ3) is 2.95. The van der Waals surface area contributed by atoms with Gasteiger partial charge in [0, 0.05) is 30.2 Å². The molecule has 1 aliphatic heterocycles. The number of benzene rings is 2. The number of nitrogens with two attached hydrogens (primary N) is 1. The van der Waals surface area contributed by atoms with Crippen molar-refractivity contribution in [3.05, 3.63) is 113 Å². The molecule has 0 bridgehead atoms. The van der Waals surface area contributed by atoms with Gasteiger partial charge in [0.1, 0.15) is 17.2 Å². The van der Waals surface area contributed by atoms with Gasteiger partial charge in [0.2, 0.25) is 5.88 Å². The SMILES string of the molecule is COc1cc(C2(c3cccc(-c4cccnc4)c3)N=C(N)c3c(F)cccc32)ccn1. The number of nitrogens with zero attached hydrogens (tertiary/aromatic N) is 3. The number of amidine groups is 1. The molecule has 3 heterocycles. The Kier molecular flexibility index (Phi) is 4.47. The van der Waals surface area contributed by atoms with E-state index in [4.69, 9.17) is 15.5 Å². The highest BCUT2D eigenvalue weighted by molar-refractivity contribution is 6.03. The summed E-state index contributed by atoms with van der Waals surface area (Å²) < 4.78 is 20.2. The number of aliphatic imine (C=N–C) groups is 1. The van der Waals surface area contributed by atoms with Crippen LogP contribution in [0.5, 0.6) is 5.88 Å². The predicted octanol–water partition coefficient (Wildman–Crippen LogP) is 4.30. The number of aromatic nitrogens is 2. The summed E-state index contributed by atoms with van der Waals surface area (Å²) >= 11 is 0. The second-order valence-corrected chi connectivity index (χ2v) is 7.28. The van der Waals surface area contributed by atoms with Crippen molar-refractivity contribution in [1.29, 1.82) is 0 Å². The fourth-order valence-corrected chi connectivity index (χ4v) is 4.19. The average molecular weight is 410 g/mol. The molecule has 5 rings (SSSR count). The Morgan fingerprint density at radius 3 is 2.52 bits per heavy atom. The van der Waals surface area contributed by atoms with Crippen LogP contribution in [0.4, 0.5) is 4.39 Å². The molecule has 0 amide bonds. The van der Waals surface area contributed by atoms with E-state index in [2.05, 4.69) is 9.97 Å². The summed E-state index contributed by atoms with van der Waals surface area (Å²) in [4.78, 5) is 13.3. The normalized spacial score (nSPS) is 17.2. The van der Waals surface area contributed by atoms with E-state index in [1.807, 2.05) is 54.6 Å². The Labute approximate surface area is 179 Å². The van der Waals surface area contributed by atoms with Crippen LogP contribution in [0.3, 0.4) is 0 Å². The van der Waals surface area contributed by atoms with E-state index in [-0.39, 0.29) is 5.84 Å². The third-order valence-electron chi connectivity index (χ3n) is 5.58. The van der Waals surface area contributed by atoms with Gasteiger partial charge in [0.15, 0.2) is 0 Å². The zero-order valence-corrected chi connectivity index (χ0v) is 16.8. The molecule has 0 spiro atoms. The molecule has 6 heteroatoms. The summed E-state index contributed by atoms with van der Waals surface area (Å²) in [7, 11) is 1.56. The zero-order chi connectivity index (χ0) is 21.4. The number of halogens is 1. The quantitative estimate of drug-likeness (QED) is 0.544. The number of pyridine rings is 2. The van der Waals surface area contributed by atoms with Gasteiger partial charge in [0.25, 0.3) is 0 Å². The van der Waals surface area contributed by atoms with Gasteiger partial charge in [0.05, 0.1) is 12.7 Å². The van der Waals surface area contributed by atoms with Crippen LogP contribution in [0.25, 0.3) is 11.1 Å². The Hall–Kier alpha value is -4.06. The lowest BCUT2D eigenvalue weighted by atomic mass is 9.77. The molecular formula is C25H19FN4O. The van der Waals surface area contributed by atoms with E-state index in [1.165, 1.54) is 6.07 Å². The van der Waals surface area contributed by atoms with Crippen LogP contribution < -0.4 is 10.5 Å². The maximum absolute atomic E-state index is 14.8. The molecule has 0 aliphatic carbocycles. The van der Waals surface area contributed by atoms with E-state index < -0.39 is 11.4 Å². The monoisotopic (exact) mass is 410 g/mol. The van der Waals surface area contributed by atoms with Gasteiger partial charge in [-0.3, -0.25) is 4.98 Å². The molecule has 5 nitrogen and oxygen atoms in total. The average Bonchev–Trinajstić information content (AvgIpc) is 3.14. The molecule has 2 aromatic carbocycles. The van der Waals surface area contributed by atoms with Gasteiger partial charge >= 0.3 is 0 Å². The van der Waals surface area contributed by atoms with E-state index in [0.717, 1.165) is 22.3 Å². The van der Waals surface area contributed by atoms with Crippen LogP contribution in [-0.2, 0) is 5.54 Å². The molecule has 152 valence electrons. The number of hydrogen-bond donors (Lipinski definition) is 1. The van der Waals surface area contributed by atoms with Crippen LogP contribution in [0.2, 0.25) is 0 Å². The zero-order valence-electron chi connectivity index (χ0n) is 16.8. The molecule has 0 saturated carbocycles. The second kappa shape index (κ2) is 7.32. The van der Waals surface area contributed by atoms with Crippen LogP contribution in [0.1, 0.15) is 22.3 Å². The molecule has 4 aromatic rings. The van der Waals surface area contributed by atoms with Crippen molar-refractivity contribution < 1.29 is 9.13 Å². The molecule has 0 saturated heterocycles. The number of rotatable bonds is 4. The fourth-order valence-electron chi connectivity index (χ4n) is 4.19. The second-order valence-electron chi connectivity index (χ2n) is 7.28. The predicted molar refractivity (Wildman–Crippen MR) is 117 cm³/mol. The molecule has 1 aliphatic rings. The smallest absolute Gasteiger partial charge is 0.213 e. The van der Waals surface area contributed by atoms with Crippen LogP contribution in [0.15, 0.2) is 90.3 Å². The van der Waals surface area contributed by atoms with Crippen molar-refractivity contribution in [2.24, 2.45) is 10.7 Å². The molecule has 1 atom stereocenters. The largest absolute Gasteiger partial charge is 0.481 e. The highest BCUT2D eigenvalue weighted by atomic mass is 19.1. The number of ether oxygens (including phenoxy) is 1. The standard InChI is InChI=1S/C25H19FN4O/c1-31-22-14-19(10-12-29-22)25(20-8-3-9-21(26)23(20)24(27)30-25)18-7-2-5-16(13-18)17-6-4-11-28-15-17/h2-15H,1H3,(H2,27,30). The van der Waals surface area contributed by atoms with Crippen LogP contribution in [0, 0.1) is 5.82 Å². The van der Waals surface area contributed by atoms with E-state index in [9.17, 15) is 4.39 Å².